The largest absolute Gasteiger partial charge is 1.00 e. The smallest absolute Gasteiger partial charge is 0.325 e. The van der Waals surface area contributed by atoms with Crippen molar-refractivity contribution >= 4 is 19.2 Å². The van der Waals surface area contributed by atoms with Crippen LogP contribution in [0.4, 0.5) is 0 Å². The van der Waals surface area contributed by atoms with Gasteiger partial charge in [0.15, 0.2) is 5.78 Å². The summed E-state index contributed by atoms with van der Waals surface area (Å²) in [6.07, 6.45) is 0.0234. The quantitative estimate of drug-likeness (QED) is 0.327. The average molecular weight is 465 g/mol. The Morgan fingerprint density at radius 3 is 2.07 bits per heavy atom. The van der Waals surface area contributed by atoms with Gasteiger partial charge in [-0.2, -0.15) is 0 Å². The SMILES string of the molecule is CC(C)c1ccc(C[C@H](CP(=O)(O)[C@H](C)[NH3+])C(=O)N[C@@H](C)C(=O)O)cc1.[Br-]. The summed E-state index contributed by atoms with van der Waals surface area (Å²) < 4.78 is 12.4. The molecule has 0 saturated heterocycles. The zero-order valence-electron chi connectivity index (χ0n) is 16.2. The number of carboxylic acid groups (broad SMARTS) is 1. The predicted octanol–water partition coefficient (Wildman–Crippen LogP) is -1.58. The van der Waals surface area contributed by atoms with Gasteiger partial charge in [-0.25, -0.2) is 0 Å². The molecular weight excluding hydrogens is 435 g/mol. The summed E-state index contributed by atoms with van der Waals surface area (Å²) in [7, 11) is -3.62. The molecule has 6 N–H and O–H groups in total. The van der Waals surface area contributed by atoms with Gasteiger partial charge >= 0.3 is 5.97 Å². The van der Waals surface area contributed by atoms with Crippen molar-refractivity contribution in [3.63, 3.8) is 0 Å². The number of quaternary nitrogens is 1. The Hall–Kier alpha value is -1.21. The Morgan fingerprint density at radius 1 is 1.15 bits per heavy atom. The monoisotopic (exact) mass is 464 g/mol. The van der Waals surface area contributed by atoms with E-state index in [0.29, 0.717) is 5.92 Å². The summed E-state index contributed by atoms with van der Waals surface area (Å²) >= 11 is 0. The van der Waals surface area contributed by atoms with E-state index in [1.54, 1.807) is 0 Å². The molecular formula is C18H30BrN2O5P. The predicted molar refractivity (Wildman–Crippen MR) is 100 cm³/mol. The fourth-order valence-electron chi connectivity index (χ4n) is 2.45. The maximum absolute atomic E-state index is 12.5. The fourth-order valence-corrected chi connectivity index (χ4v) is 3.74. The molecule has 1 amide bonds. The molecule has 0 aromatic heterocycles. The summed E-state index contributed by atoms with van der Waals surface area (Å²) in [5, 5.41) is 11.4. The van der Waals surface area contributed by atoms with Gasteiger partial charge in [0.25, 0.3) is 7.37 Å². The molecule has 1 unspecified atom stereocenters. The van der Waals surface area contributed by atoms with Crippen molar-refractivity contribution in [2.75, 3.05) is 6.16 Å². The second-order valence-corrected chi connectivity index (χ2v) is 9.91. The van der Waals surface area contributed by atoms with E-state index < -0.39 is 37.0 Å². The molecule has 0 aliphatic carbocycles. The molecule has 0 fully saturated rings. The van der Waals surface area contributed by atoms with Crippen LogP contribution in [0, 0.1) is 5.92 Å². The van der Waals surface area contributed by atoms with Crippen LogP contribution in [-0.2, 0) is 20.6 Å². The van der Waals surface area contributed by atoms with E-state index in [4.69, 9.17) is 5.11 Å². The average Bonchev–Trinajstić information content (AvgIpc) is 2.54. The lowest BCUT2D eigenvalue weighted by Crippen LogP contribution is -3.00. The first-order chi connectivity index (χ1) is 11.9. The Bertz CT molecular complexity index is 679. The first-order valence-corrected chi connectivity index (χ1v) is 10.6. The summed E-state index contributed by atoms with van der Waals surface area (Å²) in [5.74, 6) is -2.83. The van der Waals surface area contributed by atoms with Gasteiger partial charge in [0.2, 0.25) is 5.91 Å². The number of carbonyl (C=O) groups excluding carboxylic acids is 1. The molecule has 0 aliphatic heterocycles. The van der Waals surface area contributed by atoms with Crippen molar-refractivity contribution in [3.8, 4) is 0 Å². The Balaban J connectivity index is 0.00000676. The molecule has 0 radical (unpaired) electrons. The van der Waals surface area contributed by atoms with Crippen LogP contribution in [0.5, 0.6) is 0 Å². The second-order valence-electron chi connectivity index (χ2n) is 7.15. The fraction of sp³-hybridized carbons (Fsp3) is 0.556. The van der Waals surface area contributed by atoms with Crippen molar-refractivity contribution in [1.82, 2.24) is 5.32 Å². The van der Waals surface area contributed by atoms with Gasteiger partial charge in [0, 0.05) is 6.16 Å². The van der Waals surface area contributed by atoms with E-state index in [-0.39, 0.29) is 29.6 Å². The molecule has 1 aromatic carbocycles. The molecule has 9 heteroatoms. The van der Waals surface area contributed by atoms with E-state index >= 15 is 0 Å². The molecule has 0 bridgehead atoms. The molecule has 0 heterocycles. The summed E-state index contributed by atoms with van der Waals surface area (Å²) in [6, 6.07) is 6.66. The molecule has 0 aliphatic rings. The first kappa shape index (κ1) is 25.8. The van der Waals surface area contributed by atoms with Crippen molar-refractivity contribution < 1.29 is 46.9 Å². The Labute approximate surface area is 171 Å². The van der Waals surface area contributed by atoms with Crippen molar-refractivity contribution in [3.05, 3.63) is 35.4 Å². The lowest BCUT2D eigenvalue weighted by atomic mass is 9.96. The molecule has 154 valence electrons. The molecule has 27 heavy (non-hydrogen) atoms. The topological polar surface area (TPSA) is 131 Å². The van der Waals surface area contributed by atoms with Crippen LogP contribution in [-0.4, -0.2) is 39.9 Å². The van der Waals surface area contributed by atoms with E-state index in [1.807, 2.05) is 24.3 Å². The Kier molecular flexibility index (Phi) is 10.5. The van der Waals surface area contributed by atoms with Crippen LogP contribution in [0.1, 0.15) is 44.7 Å². The maximum Gasteiger partial charge on any atom is 0.325 e. The molecule has 4 atom stereocenters. The zero-order chi connectivity index (χ0) is 20.1. The minimum absolute atomic E-state index is 0. The van der Waals surface area contributed by atoms with Gasteiger partial charge in [0.05, 0.1) is 5.92 Å². The van der Waals surface area contributed by atoms with Crippen LogP contribution in [0.3, 0.4) is 0 Å². The first-order valence-electron chi connectivity index (χ1n) is 8.70. The molecule has 1 aromatic rings. The highest BCUT2D eigenvalue weighted by Crippen LogP contribution is 2.45. The van der Waals surface area contributed by atoms with Crippen LogP contribution in [0.15, 0.2) is 24.3 Å². The van der Waals surface area contributed by atoms with E-state index in [2.05, 4.69) is 24.9 Å². The number of halogens is 1. The second kappa shape index (κ2) is 11.0. The summed E-state index contributed by atoms with van der Waals surface area (Å²) in [5.41, 5.74) is 5.63. The van der Waals surface area contributed by atoms with Crippen LogP contribution >= 0.6 is 7.37 Å². The number of hydrogen-bond acceptors (Lipinski definition) is 3. The molecule has 1 rings (SSSR count). The van der Waals surface area contributed by atoms with Gasteiger partial charge in [-0.1, -0.05) is 38.1 Å². The third kappa shape index (κ3) is 8.13. The van der Waals surface area contributed by atoms with E-state index in [9.17, 15) is 19.0 Å². The summed E-state index contributed by atoms with van der Waals surface area (Å²) in [4.78, 5) is 33.6. The highest BCUT2D eigenvalue weighted by Gasteiger charge is 2.35. The van der Waals surface area contributed by atoms with Crippen molar-refractivity contribution in [1.29, 1.82) is 0 Å². The van der Waals surface area contributed by atoms with Gasteiger partial charge in [-0.3, -0.25) is 14.2 Å². The van der Waals surface area contributed by atoms with Gasteiger partial charge < -0.3 is 38.0 Å². The number of carbonyl (C=O) groups is 2. The van der Waals surface area contributed by atoms with Crippen molar-refractivity contribution in [2.45, 2.75) is 51.9 Å². The third-order valence-electron chi connectivity index (χ3n) is 4.40. The number of amides is 1. The molecule has 7 nitrogen and oxygen atoms in total. The standard InChI is InChI=1S/C18H29N2O5P.BrH/c1-11(2)15-7-5-14(6-8-15)9-16(10-26(24,25)13(4)19)17(21)20-12(3)18(22)23;/h5-8,11-13,16H,9-10,19H2,1-4H3,(H,20,21)(H,22,23)(H,24,25);1H/t12-,13+,16+;/m0./s1. The number of rotatable bonds is 9. The van der Waals surface area contributed by atoms with Crippen LogP contribution in [0.25, 0.3) is 0 Å². The number of benzene rings is 1. The normalized spacial score (nSPS) is 16.6. The van der Waals surface area contributed by atoms with Gasteiger partial charge in [0.1, 0.15) is 6.04 Å². The zero-order valence-corrected chi connectivity index (χ0v) is 18.7. The minimum atomic E-state index is -3.62. The minimum Gasteiger partial charge on any atom is -1.00 e. The number of hydrogen-bond donors (Lipinski definition) is 4. The Morgan fingerprint density at radius 2 is 1.67 bits per heavy atom. The number of carboxylic acids is 1. The van der Waals surface area contributed by atoms with Crippen LogP contribution in [0.2, 0.25) is 0 Å². The molecule has 0 spiro atoms. The maximum atomic E-state index is 12.5. The molecule has 0 saturated carbocycles. The van der Waals surface area contributed by atoms with Gasteiger partial charge in [-0.15, -0.1) is 0 Å². The lowest BCUT2D eigenvalue weighted by molar-refractivity contribution is -0.385. The lowest BCUT2D eigenvalue weighted by Gasteiger charge is -2.22. The van der Waals surface area contributed by atoms with Crippen molar-refractivity contribution in [2.24, 2.45) is 5.92 Å². The van der Waals surface area contributed by atoms with E-state index in [0.717, 1.165) is 11.1 Å². The third-order valence-corrected chi connectivity index (χ3v) is 6.74. The number of aliphatic carboxylic acids is 1. The van der Waals surface area contributed by atoms with E-state index in [1.165, 1.54) is 13.8 Å². The highest BCUT2D eigenvalue weighted by molar-refractivity contribution is 7.58. The summed E-state index contributed by atoms with van der Waals surface area (Å²) in [6.45, 7) is 7.05. The van der Waals surface area contributed by atoms with Gasteiger partial charge in [-0.05, 0) is 37.3 Å². The number of nitrogens with one attached hydrogen (secondary N) is 1. The van der Waals surface area contributed by atoms with Crippen LogP contribution < -0.4 is 28.0 Å². The highest BCUT2D eigenvalue weighted by atomic mass is 79.9.